The Morgan fingerprint density at radius 2 is 2.09 bits per heavy atom. The van der Waals surface area contributed by atoms with Crippen LogP contribution in [0.1, 0.15) is 5.56 Å². The molecule has 0 aliphatic rings. The summed E-state index contributed by atoms with van der Waals surface area (Å²) >= 11 is 5.73. The SMILES string of the molecule is Nc1nc(Cl)cc(NCc2cccnc2OCC(F)(F)F)n1. The van der Waals surface area contributed by atoms with E-state index in [0.29, 0.717) is 11.4 Å². The number of nitrogens with zero attached hydrogens (tertiary/aromatic N) is 3. The molecule has 2 rings (SSSR count). The molecule has 0 spiro atoms. The standard InChI is InChI=1S/C12H11ClF3N5O/c13-8-4-9(21-11(17)20-8)19-5-7-2-1-3-18-10(7)22-6-12(14,15)16/h1-4H,5-6H2,(H3,17,19,20,21). The van der Waals surface area contributed by atoms with Crippen molar-refractivity contribution in [3.63, 3.8) is 0 Å². The third kappa shape index (κ3) is 4.92. The summed E-state index contributed by atoms with van der Waals surface area (Å²) in [7, 11) is 0. The van der Waals surface area contributed by atoms with E-state index >= 15 is 0 Å². The second-order valence-electron chi connectivity index (χ2n) is 4.16. The van der Waals surface area contributed by atoms with Gasteiger partial charge in [0.2, 0.25) is 11.8 Å². The van der Waals surface area contributed by atoms with Gasteiger partial charge in [-0.25, -0.2) is 9.97 Å². The lowest BCUT2D eigenvalue weighted by atomic mass is 10.2. The first-order valence-corrected chi connectivity index (χ1v) is 6.38. The Bertz CT molecular complexity index is 633. The Kier molecular flexibility index (Phi) is 4.86. The first-order chi connectivity index (χ1) is 10.3. The molecule has 2 heterocycles. The maximum atomic E-state index is 12.2. The summed E-state index contributed by atoms with van der Waals surface area (Å²) in [6.45, 7) is -1.28. The molecule has 118 valence electrons. The van der Waals surface area contributed by atoms with Gasteiger partial charge >= 0.3 is 6.18 Å². The molecule has 2 aromatic heterocycles. The van der Waals surface area contributed by atoms with Gasteiger partial charge in [-0.15, -0.1) is 0 Å². The van der Waals surface area contributed by atoms with Crippen molar-refractivity contribution in [2.75, 3.05) is 17.7 Å². The molecule has 10 heteroatoms. The Hall–Kier alpha value is -2.29. The van der Waals surface area contributed by atoms with Crippen molar-refractivity contribution in [2.45, 2.75) is 12.7 Å². The van der Waals surface area contributed by atoms with Crippen LogP contribution < -0.4 is 15.8 Å². The van der Waals surface area contributed by atoms with Crippen LogP contribution in [0.3, 0.4) is 0 Å². The highest BCUT2D eigenvalue weighted by atomic mass is 35.5. The number of nitrogens with one attached hydrogen (secondary N) is 1. The van der Waals surface area contributed by atoms with Gasteiger partial charge in [0, 0.05) is 24.4 Å². The molecule has 0 amide bonds. The highest BCUT2D eigenvalue weighted by Gasteiger charge is 2.29. The van der Waals surface area contributed by atoms with E-state index in [4.69, 9.17) is 17.3 Å². The van der Waals surface area contributed by atoms with E-state index in [1.165, 1.54) is 12.3 Å². The summed E-state index contributed by atoms with van der Waals surface area (Å²) in [5.41, 5.74) is 5.88. The van der Waals surface area contributed by atoms with Crippen molar-refractivity contribution in [3.8, 4) is 5.88 Å². The van der Waals surface area contributed by atoms with Crippen LogP contribution in [-0.4, -0.2) is 27.7 Å². The zero-order valence-electron chi connectivity index (χ0n) is 11.1. The number of hydrogen-bond donors (Lipinski definition) is 2. The van der Waals surface area contributed by atoms with Gasteiger partial charge in [0.05, 0.1) is 0 Å². The molecule has 0 bridgehead atoms. The number of halogens is 4. The number of ether oxygens (including phenoxy) is 1. The second-order valence-corrected chi connectivity index (χ2v) is 4.55. The van der Waals surface area contributed by atoms with Crippen LogP contribution in [-0.2, 0) is 6.54 Å². The monoisotopic (exact) mass is 333 g/mol. The average molecular weight is 334 g/mol. The van der Waals surface area contributed by atoms with Gasteiger partial charge in [-0.05, 0) is 6.07 Å². The average Bonchev–Trinajstić information content (AvgIpc) is 2.42. The van der Waals surface area contributed by atoms with Crippen molar-refractivity contribution in [2.24, 2.45) is 0 Å². The smallest absolute Gasteiger partial charge is 0.422 e. The predicted molar refractivity (Wildman–Crippen MR) is 74.6 cm³/mol. The maximum Gasteiger partial charge on any atom is 0.422 e. The summed E-state index contributed by atoms with van der Waals surface area (Å²) in [5, 5.41) is 3.01. The maximum absolute atomic E-state index is 12.2. The molecule has 0 saturated carbocycles. The van der Waals surface area contributed by atoms with Crippen LogP contribution in [0.15, 0.2) is 24.4 Å². The van der Waals surface area contributed by atoms with Crippen LogP contribution >= 0.6 is 11.6 Å². The molecule has 0 aliphatic carbocycles. The van der Waals surface area contributed by atoms with Crippen molar-refractivity contribution >= 4 is 23.4 Å². The summed E-state index contributed by atoms with van der Waals surface area (Å²) < 4.78 is 41.3. The van der Waals surface area contributed by atoms with E-state index < -0.39 is 12.8 Å². The van der Waals surface area contributed by atoms with E-state index in [0.717, 1.165) is 0 Å². The molecular weight excluding hydrogens is 323 g/mol. The number of hydrogen-bond acceptors (Lipinski definition) is 6. The van der Waals surface area contributed by atoms with E-state index in [2.05, 4.69) is 25.0 Å². The van der Waals surface area contributed by atoms with Gasteiger partial charge in [-0.1, -0.05) is 17.7 Å². The van der Waals surface area contributed by atoms with Gasteiger partial charge < -0.3 is 15.8 Å². The Balaban J connectivity index is 2.06. The minimum absolute atomic E-state index is 0.0188. The molecule has 0 radical (unpaired) electrons. The zero-order valence-corrected chi connectivity index (χ0v) is 11.8. The van der Waals surface area contributed by atoms with E-state index in [9.17, 15) is 13.2 Å². The lowest BCUT2D eigenvalue weighted by Crippen LogP contribution is -2.20. The molecule has 22 heavy (non-hydrogen) atoms. The van der Waals surface area contributed by atoms with Gasteiger partial charge in [0.15, 0.2) is 6.61 Å². The topological polar surface area (TPSA) is 86.0 Å². The lowest BCUT2D eigenvalue weighted by molar-refractivity contribution is -0.154. The molecule has 0 aliphatic heterocycles. The summed E-state index contributed by atoms with van der Waals surface area (Å²) in [5.74, 6) is 0.207. The minimum Gasteiger partial charge on any atom is -0.468 e. The van der Waals surface area contributed by atoms with Gasteiger partial charge in [-0.3, -0.25) is 0 Å². The molecule has 0 aromatic carbocycles. The Labute approximate surface area is 128 Å². The van der Waals surface area contributed by atoms with E-state index in [-0.39, 0.29) is 23.5 Å². The molecule has 0 fully saturated rings. The molecule has 6 nitrogen and oxygen atoms in total. The number of alkyl halides is 3. The molecule has 0 atom stereocenters. The highest BCUT2D eigenvalue weighted by Crippen LogP contribution is 2.21. The minimum atomic E-state index is -4.43. The number of nitrogen functional groups attached to an aromatic ring is 1. The summed E-state index contributed by atoms with van der Waals surface area (Å²) in [6.07, 6.45) is -3.09. The van der Waals surface area contributed by atoms with Crippen LogP contribution in [0.25, 0.3) is 0 Å². The number of nitrogens with two attached hydrogens (primary N) is 1. The Morgan fingerprint density at radius 3 is 2.77 bits per heavy atom. The lowest BCUT2D eigenvalue weighted by Gasteiger charge is -2.12. The largest absolute Gasteiger partial charge is 0.468 e. The van der Waals surface area contributed by atoms with Crippen molar-refractivity contribution in [3.05, 3.63) is 35.1 Å². The fourth-order valence-corrected chi connectivity index (χ4v) is 1.74. The zero-order chi connectivity index (χ0) is 16.2. The van der Waals surface area contributed by atoms with Crippen molar-refractivity contribution < 1.29 is 17.9 Å². The molecule has 3 N–H and O–H groups in total. The van der Waals surface area contributed by atoms with E-state index in [1.807, 2.05) is 0 Å². The van der Waals surface area contributed by atoms with Crippen molar-refractivity contribution in [1.29, 1.82) is 0 Å². The van der Waals surface area contributed by atoms with Crippen LogP contribution in [0.4, 0.5) is 24.9 Å². The Morgan fingerprint density at radius 1 is 1.32 bits per heavy atom. The molecule has 2 aromatic rings. The van der Waals surface area contributed by atoms with E-state index in [1.54, 1.807) is 12.1 Å². The molecule has 0 saturated heterocycles. The summed E-state index contributed by atoms with van der Waals surface area (Å²) in [6, 6.07) is 4.60. The first kappa shape index (κ1) is 16.1. The molecular formula is C12H11ClF3N5O. The first-order valence-electron chi connectivity index (χ1n) is 6.01. The number of rotatable bonds is 5. The predicted octanol–water partition coefficient (Wildman–Crippen LogP) is 2.66. The van der Waals surface area contributed by atoms with Gasteiger partial charge in [0.25, 0.3) is 0 Å². The summed E-state index contributed by atoms with van der Waals surface area (Å²) in [4.78, 5) is 11.4. The highest BCUT2D eigenvalue weighted by molar-refractivity contribution is 6.29. The molecule has 0 unspecified atom stereocenters. The number of pyridine rings is 1. The number of aromatic nitrogens is 3. The fourth-order valence-electron chi connectivity index (χ4n) is 1.55. The third-order valence-electron chi connectivity index (χ3n) is 2.39. The van der Waals surface area contributed by atoms with Crippen LogP contribution in [0.5, 0.6) is 5.88 Å². The van der Waals surface area contributed by atoms with Gasteiger partial charge in [0.1, 0.15) is 11.0 Å². The second kappa shape index (κ2) is 6.65. The third-order valence-corrected chi connectivity index (χ3v) is 2.59. The normalized spacial score (nSPS) is 11.3. The van der Waals surface area contributed by atoms with Gasteiger partial charge in [-0.2, -0.15) is 18.2 Å². The van der Waals surface area contributed by atoms with Crippen LogP contribution in [0, 0.1) is 0 Å². The van der Waals surface area contributed by atoms with Crippen LogP contribution in [0.2, 0.25) is 5.15 Å². The quantitative estimate of drug-likeness (QED) is 0.818. The number of anilines is 2. The fraction of sp³-hybridized carbons (Fsp3) is 0.250. The van der Waals surface area contributed by atoms with Crippen molar-refractivity contribution in [1.82, 2.24) is 15.0 Å².